The van der Waals surface area contributed by atoms with E-state index in [1.807, 2.05) is 0 Å². The van der Waals surface area contributed by atoms with E-state index in [2.05, 4.69) is 0 Å². The van der Waals surface area contributed by atoms with Crippen LogP contribution in [0.3, 0.4) is 0 Å². The average molecular weight is 265 g/mol. The second-order valence-electron chi connectivity index (χ2n) is 4.43. The van der Waals surface area contributed by atoms with Crippen LogP contribution in [0.15, 0.2) is 18.2 Å². The molecule has 1 unspecified atom stereocenters. The Kier molecular flexibility index (Phi) is 3.66. The molecule has 1 aliphatic rings. The fraction of sp³-hybridized carbons (Fsp3) is 0.417. The third-order valence-corrected chi connectivity index (χ3v) is 3.24. The van der Waals surface area contributed by atoms with Crippen molar-refractivity contribution < 1.29 is 14.5 Å². The number of hydrogen-bond acceptors (Lipinski definition) is 5. The minimum absolute atomic E-state index is 0.0175. The van der Waals surface area contributed by atoms with Crippen molar-refractivity contribution in [3.63, 3.8) is 0 Å². The zero-order valence-corrected chi connectivity index (χ0v) is 10.5. The van der Waals surface area contributed by atoms with E-state index in [0.29, 0.717) is 13.1 Å². The molecule has 1 saturated heterocycles. The third-order valence-electron chi connectivity index (χ3n) is 3.24. The summed E-state index contributed by atoms with van der Waals surface area (Å²) in [5, 5.41) is 10.7. The van der Waals surface area contributed by atoms with Crippen molar-refractivity contribution in [1.29, 1.82) is 0 Å². The summed E-state index contributed by atoms with van der Waals surface area (Å²) in [6, 6.07) is 3.89. The highest BCUT2D eigenvalue weighted by atomic mass is 16.6. The first-order chi connectivity index (χ1) is 9.02. The Labute approximate surface area is 110 Å². The van der Waals surface area contributed by atoms with Gasteiger partial charge in [0.1, 0.15) is 0 Å². The number of nitrogens with two attached hydrogens (primary N) is 1. The molecular weight excluding hydrogens is 250 g/mol. The maximum absolute atomic E-state index is 12.3. The smallest absolute Gasteiger partial charge is 0.270 e. The van der Waals surface area contributed by atoms with Crippen molar-refractivity contribution in [2.24, 2.45) is 0 Å². The van der Waals surface area contributed by atoms with Crippen LogP contribution in [0.2, 0.25) is 0 Å². The number of nitro groups is 1. The number of carbonyl (C=O) groups is 1. The number of benzene rings is 1. The van der Waals surface area contributed by atoms with Gasteiger partial charge in [0.15, 0.2) is 0 Å². The molecule has 0 radical (unpaired) electrons. The number of methoxy groups -OCH3 is 1. The van der Waals surface area contributed by atoms with Crippen LogP contribution < -0.4 is 5.73 Å². The molecule has 1 aromatic carbocycles. The van der Waals surface area contributed by atoms with Gasteiger partial charge in [-0.2, -0.15) is 0 Å². The van der Waals surface area contributed by atoms with Crippen molar-refractivity contribution in [1.82, 2.24) is 4.90 Å². The molecule has 1 fully saturated rings. The highest BCUT2D eigenvalue weighted by molar-refractivity contribution is 6.00. The Bertz CT molecular complexity index is 518. The number of hydrogen-bond donors (Lipinski definition) is 1. The first kappa shape index (κ1) is 13.3. The van der Waals surface area contributed by atoms with Crippen molar-refractivity contribution in [2.45, 2.75) is 12.5 Å². The number of ether oxygens (including phenoxy) is 1. The van der Waals surface area contributed by atoms with E-state index in [-0.39, 0.29) is 28.9 Å². The van der Waals surface area contributed by atoms with E-state index in [0.717, 1.165) is 6.42 Å². The molecule has 1 amide bonds. The first-order valence-electron chi connectivity index (χ1n) is 5.89. The van der Waals surface area contributed by atoms with Crippen LogP contribution in [0.5, 0.6) is 0 Å². The van der Waals surface area contributed by atoms with Crippen molar-refractivity contribution >= 4 is 17.3 Å². The van der Waals surface area contributed by atoms with E-state index in [1.54, 1.807) is 12.0 Å². The highest BCUT2D eigenvalue weighted by Gasteiger charge is 2.28. The Morgan fingerprint density at radius 1 is 1.58 bits per heavy atom. The van der Waals surface area contributed by atoms with Crippen molar-refractivity contribution in [2.75, 3.05) is 25.9 Å². The third kappa shape index (κ3) is 2.65. The molecule has 7 nitrogen and oxygen atoms in total. The lowest BCUT2D eigenvalue weighted by Crippen LogP contribution is -2.30. The van der Waals surface area contributed by atoms with Gasteiger partial charge in [0, 0.05) is 38.0 Å². The molecule has 102 valence electrons. The SMILES string of the molecule is COC1CCN(C(=O)c2cc([N+](=O)[O-])ccc2N)C1. The highest BCUT2D eigenvalue weighted by Crippen LogP contribution is 2.23. The molecule has 0 aromatic heterocycles. The van der Waals surface area contributed by atoms with Gasteiger partial charge in [-0.1, -0.05) is 0 Å². The Hall–Kier alpha value is -2.15. The number of likely N-dealkylation sites (tertiary alicyclic amines) is 1. The summed E-state index contributed by atoms with van der Waals surface area (Å²) in [4.78, 5) is 24.1. The van der Waals surface area contributed by atoms with Gasteiger partial charge in [-0.05, 0) is 12.5 Å². The lowest BCUT2D eigenvalue weighted by atomic mass is 10.1. The number of rotatable bonds is 3. The van der Waals surface area contributed by atoms with Gasteiger partial charge >= 0.3 is 0 Å². The number of carbonyl (C=O) groups excluding carboxylic acids is 1. The number of non-ortho nitro benzene ring substituents is 1. The summed E-state index contributed by atoms with van der Waals surface area (Å²) in [5.41, 5.74) is 6.00. The molecule has 19 heavy (non-hydrogen) atoms. The van der Waals surface area contributed by atoms with Crippen LogP contribution in [-0.4, -0.2) is 42.0 Å². The lowest BCUT2D eigenvalue weighted by molar-refractivity contribution is -0.384. The summed E-state index contributed by atoms with van der Waals surface area (Å²) in [6.07, 6.45) is 0.778. The predicted octanol–water partition coefficient (Wildman–Crippen LogP) is 1.04. The van der Waals surface area contributed by atoms with E-state index >= 15 is 0 Å². The lowest BCUT2D eigenvalue weighted by Gasteiger charge is -2.17. The molecule has 0 spiro atoms. The minimum Gasteiger partial charge on any atom is -0.398 e. The van der Waals surface area contributed by atoms with Gasteiger partial charge in [-0.15, -0.1) is 0 Å². The molecule has 1 aromatic rings. The van der Waals surface area contributed by atoms with Gasteiger partial charge in [0.2, 0.25) is 0 Å². The largest absolute Gasteiger partial charge is 0.398 e. The zero-order chi connectivity index (χ0) is 14.0. The van der Waals surface area contributed by atoms with Crippen LogP contribution in [-0.2, 0) is 4.74 Å². The molecule has 2 N–H and O–H groups in total. The molecule has 0 aliphatic carbocycles. The Morgan fingerprint density at radius 3 is 2.89 bits per heavy atom. The number of nitrogens with zero attached hydrogens (tertiary/aromatic N) is 2. The molecule has 0 saturated carbocycles. The monoisotopic (exact) mass is 265 g/mol. The predicted molar refractivity (Wildman–Crippen MR) is 68.8 cm³/mol. The van der Waals surface area contributed by atoms with Gasteiger partial charge in [-0.25, -0.2) is 0 Å². The van der Waals surface area contributed by atoms with Crippen LogP contribution >= 0.6 is 0 Å². The number of anilines is 1. The maximum Gasteiger partial charge on any atom is 0.270 e. The van der Waals surface area contributed by atoms with E-state index in [9.17, 15) is 14.9 Å². The van der Waals surface area contributed by atoms with Gasteiger partial charge in [0.25, 0.3) is 11.6 Å². The Balaban J connectivity index is 2.24. The van der Waals surface area contributed by atoms with Crippen molar-refractivity contribution in [3.8, 4) is 0 Å². The molecule has 1 aliphatic heterocycles. The fourth-order valence-corrected chi connectivity index (χ4v) is 2.12. The summed E-state index contributed by atoms with van der Waals surface area (Å²) in [6.45, 7) is 1.05. The minimum atomic E-state index is -0.543. The summed E-state index contributed by atoms with van der Waals surface area (Å²) >= 11 is 0. The molecule has 2 rings (SSSR count). The van der Waals surface area contributed by atoms with Gasteiger partial charge in [0.05, 0.1) is 16.6 Å². The van der Waals surface area contributed by atoms with E-state index < -0.39 is 4.92 Å². The van der Waals surface area contributed by atoms with E-state index in [1.165, 1.54) is 18.2 Å². The quantitative estimate of drug-likeness (QED) is 0.500. The summed E-state index contributed by atoms with van der Waals surface area (Å²) < 4.78 is 5.19. The second-order valence-corrected chi connectivity index (χ2v) is 4.43. The molecule has 7 heteroatoms. The maximum atomic E-state index is 12.3. The van der Waals surface area contributed by atoms with Crippen LogP contribution in [0.4, 0.5) is 11.4 Å². The molecule has 0 bridgehead atoms. The second kappa shape index (κ2) is 5.23. The summed E-state index contributed by atoms with van der Waals surface area (Å²) in [5.74, 6) is -0.291. The van der Waals surface area contributed by atoms with Crippen LogP contribution in [0.1, 0.15) is 16.8 Å². The Morgan fingerprint density at radius 2 is 2.32 bits per heavy atom. The normalized spacial score (nSPS) is 18.6. The zero-order valence-electron chi connectivity index (χ0n) is 10.5. The van der Waals surface area contributed by atoms with Crippen LogP contribution in [0.25, 0.3) is 0 Å². The molecular formula is C12H15N3O4. The fourth-order valence-electron chi connectivity index (χ4n) is 2.12. The molecule has 1 heterocycles. The average Bonchev–Trinajstić information content (AvgIpc) is 2.87. The topological polar surface area (TPSA) is 98.7 Å². The standard InChI is InChI=1S/C12H15N3O4/c1-19-9-4-5-14(7-9)12(16)10-6-8(15(17)18)2-3-11(10)13/h2-3,6,9H,4-5,7,13H2,1H3. The van der Waals surface area contributed by atoms with Crippen LogP contribution in [0, 0.1) is 10.1 Å². The van der Waals surface area contributed by atoms with E-state index in [4.69, 9.17) is 10.5 Å². The van der Waals surface area contributed by atoms with Crippen molar-refractivity contribution in [3.05, 3.63) is 33.9 Å². The number of nitro benzene ring substituents is 1. The summed E-state index contributed by atoms with van der Waals surface area (Å²) in [7, 11) is 1.60. The van der Waals surface area contributed by atoms with Gasteiger partial charge < -0.3 is 15.4 Å². The van der Waals surface area contributed by atoms with Gasteiger partial charge in [-0.3, -0.25) is 14.9 Å². The first-order valence-corrected chi connectivity index (χ1v) is 5.89. The number of nitrogen functional groups attached to an aromatic ring is 1. The number of amides is 1. The molecule has 1 atom stereocenters.